The monoisotopic (exact) mass is 390 g/mol. The van der Waals surface area contributed by atoms with Gasteiger partial charge >= 0.3 is 0 Å². The number of hydrogen-bond acceptors (Lipinski definition) is 6. The van der Waals surface area contributed by atoms with Gasteiger partial charge in [0, 0.05) is 28.5 Å². The largest absolute Gasteiger partial charge is 0.350 e. The summed E-state index contributed by atoms with van der Waals surface area (Å²) in [6, 6.07) is 12.6. The van der Waals surface area contributed by atoms with Gasteiger partial charge in [-0.15, -0.1) is 0 Å². The molecule has 0 amide bonds. The van der Waals surface area contributed by atoms with Crippen LogP contribution in [0.1, 0.15) is 5.69 Å². The summed E-state index contributed by atoms with van der Waals surface area (Å²) in [5.41, 5.74) is 3.28. The van der Waals surface area contributed by atoms with Crippen molar-refractivity contribution in [3.8, 4) is 11.1 Å². The lowest BCUT2D eigenvalue weighted by molar-refractivity contribution is 0.629. The maximum Gasteiger partial charge on any atom is 0.208 e. The molecule has 25 heavy (non-hydrogen) atoms. The molecule has 126 valence electrons. The van der Waals surface area contributed by atoms with Crippen LogP contribution >= 0.6 is 35.1 Å². The van der Waals surface area contributed by atoms with Crippen molar-refractivity contribution in [3.05, 3.63) is 64.4 Å². The fourth-order valence-corrected chi connectivity index (χ4v) is 3.95. The molecule has 0 spiro atoms. The average Bonchev–Trinajstić information content (AvgIpc) is 3.15. The van der Waals surface area contributed by atoms with E-state index in [-0.39, 0.29) is 5.02 Å². The molecule has 0 aliphatic carbocycles. The molecule has 2 N–H and O–H groups in total. The Morgan fingerprint density at radius 2 is 1.96 bits per heavy atom. The van der Waals surface area contributed by atoms with E-state index in [4.69, 9.17) is 11.6 Å². The molecule has 0 fully saturated rings. The molecule has 4 rings (SSSR count). The molecule has 3 aromatic rings. The Kier molecular flexibility index (Phi) is 4.61. The number of nitrogens with one attached hydrogen (secondary N) is 2. The van der Waals surface area contributed by atoms with Crippen LogP contribution in [0.25, 0.3) is 11.1 Å². The van der Waals surface area contributed by atoms with Crippen molar-refractivity contribution in [2.75, 3.05) is 5.32 Å². The van der Waals surface area contributed by atoms with Crippen LogP contribution < -0.4 is 10.6 Å². The summed E-state index contributed by atoms with van der Waals surface area (Å²) in [6.45, 7) is 0.577. The van der Waals surface area contributed by atoms with Gasteiger partial charge in [-0.05, 0) is 29.7 Å². The zero-order valence-electron chi connectivity index (χ0n) is 12.8. The van der Waals surface area contributed by atoms with Crippen LogP contribution in [-0.2, 0) is 6.54 Å². The lowest BCUT2D eigenvalue weighted by atomic mass is 10.0. The zero-order chi connectivity index (χ0) is 17.2. The first kappa shape index (κ1) is 16.4. The first-order chi connectivity index (χ1) is 12.2. The summed E-state index contributed by atoms with van der Waals surface area (Å²) >= 11 is 8.95. The van der Waals surface area contributed by atoms with Crippen LogP contribution in [0.15, 0.2) is 57.1 Å². The number of rotatable bonds is 3. The Hall–Kier alpha value is -2.09. The standard InChI is InChI=1S/C17H12ClFN4S2/c18-15-11(3-1-5-13(15)19)12-4-2-6-14-16(12)21-17(23-25-14)20-9-10-7-8-24-22-10/h1-8H,9H2,(H2,20,21,23). The fourth-order valence-electron chi connectivity index (χ4n) is 2.49. The van der Waals surface area contributed by atoms with E-state index in [1.54, 1.807) is 6.07 Å². The van der Waals surface area contributed by atoms with Crippen LogP contribution in [0.5, 0.6) is 0 Å². The second-order valence-corrected chi connectivity index (χ2v) is 7.13. The number of para-hydroxylation sites is 1. The smallest absolute Gasteiger partial charge is 0.208 e. The molecule has 4 nitrogen and oxygen atoms in total. The molecule has 1 aliphatic rings. The van der Waals surface area contributed by atoms with Crippen molar-refractivity contribution < 1.29 is 4.39 Å². The minimum Gasteiger partial charge on any atom is -0.350 e. The molecule has 2 aromatic carbocycles. The van der Waals surface area contributed by atoms with Gasteiger partial charge in [0.05, 0.1) is 27.8 Å². The highest BCUT2D eigenvalue weighted by Crippen LogP contribution is 2.41. The molecule has 0 atom stereocenters. The van der Waals surface area contributed by atoms with Crippen LogP contribution in [-0.4, -0.2) is 10.3 Å². The van der Waals surface area contributed by atoms with E-state index in [1.165, 1.54) is 29.5 Å². The van der Waals surface area contributed by atoms with Crippen molar-refractivity contribution in [2.45, 2.75) is 11.4 Å². The van der Waals surface area contributed by atoms with E-state index in [0.29, 0.717) is 18.1 Å². The van der Waals surface area contributed by atoms with Gasteiger partial charge in [-0.1, -0.05) is 35.9 Å². The van der Waals surface area contributed by atoms with E-state index < -0.39 is 5.82 Å². The van der Waals surface area contributed by atoms with Crippen LogP contribution in [0, 0.1) is 5.82 Å². The number of aromatic nitrogens is 1. The SMILES string of the molecule is Fc1cccc(-c2cccc3c2NC(NCc2ccsn2)=NS3)c1Cl. The molecule has 2 heterocycles. The van der Waals surface area contributed by atoms with Gasteiger partial charge in [0.2, 0.25) is 5.96 Å². The molecule has 8 heteroatoms. The molecule has 0 radical (unpaired) electrons. The van der Waals surface area contributed by atoms with Gasteiger partial charge in [-0.25, -0.2) is 4.39 Å². The van der Waals surface area contributed by atoms with Gasteiger partial charge in [0.1, 0.15) is 5.82 Å². The van der Waals surface area contributed by atoms with Crippen molar-refractivity contribution >= 4 is 46.7 Å². The Morgan fingerprint density at radius 3 is 2.80 bits per heavy atom. The van der Waals surface area contributed by atoms with Crippen LogP contribution in [0.3, 0.4) is 0 Å². The molecule has 0 saturated heterocycles. The van der Waals surface area contributed by atoms with Crippen LogP contribution in [0.2, 0.25) is 5.02 Å². The fraction of sp³-hybridized carbons (Fsp3) is 0.0588. The molecule has 0 saturated carbocycles. The third-order valence-electron chi connectivity index (χ3n) is 3.67. The van der Waals surface area contributed by atoms with Crippen molar-refractivity contribution in [1.82, 2.24) is 9.69 Å². The summed E-state index contributed by atoms with van der Waals surface area (Å²) in [4.78, 5) is 0.956. The van der Waals surface area contributed by atoms with Crippen molar-refractivity contribution in [3.63, 3.8) is 0 Å². The van der Waals surface area contributed by atoms with Crippen molar-refractivity contribution in [2.24, 2.45) is 4.40 Å². The van der Waals surface area contributed by atoms with Gasteiger partial charge in [-0.2, -0.15) is 8.77 Å². The lowest BCUT2D eigenvalue weighted by Crippen LogP contribution is -2.31. The average molecular weight is 391 g/mol. The number of hydrogen-bond donors (Lipinski definition) is 2. The molecule has 1 aromatic heterocycles. The Labute approximate surface area is 157 Å². The topological polar surface area (TPSA) is 49.3 Å². The van der Waals surface area contributed by atoms with E-state index in [9.17, 15) is 4.39 Å². The molecule has 1 aliphatic heterocycles. The third kappa shape index (κ3) is 3.35. The summed E-state index contributed by atoms with van der Waals surface area (Å²) in [6.07, 6.45) is 0. The Balaban J connectivity index is 1.63. The van der Waals surface area contributed by atoms with E-state index in [2.05, 4.69) is 19.4 Å². The Bertz CT molecular complexity index is 944. The number of nitrogens with zero attached hydrogens (tertiary/aromatic N) is 2. The number of halogens is 2. The van der Waals surface area contributed by atoms with E-state index >= 15 is 0 Å². The second kappa shape index (κ2) is 7.03. The highest BCUT2D eigenvalue weighted by molar-refractivity contribution is 7.98. The van der Waals surface area contributed by atoms with Gasteiger partial charge < -0.3 is 10.6 Å². The predicted octanol–water partition coefficient (Wildman–Crippen LogP) is 5.18. The maximum atomic E-state index is 13.9. The van der Waals surface area contributed by atoms with Crippen molar-refractivity contribution in [1.29, 1.82) is 0 Å². The molecule has 0 bridgehead atoms. The van der Waals surface area contributed by atoms with E-state index in [1.807, 2.05) is 35.7 Å². The Morgan fingerprint density at radius 1 is 1.12 bits per heavy atom. The molecule has 0 unspecified atom stereocenters. The molecular formula is C17H12ClFN4S2. The third-order valence-corrected chi connectivity index (χ3v) is 5.47. The van der Waals surface area contributed by atoms with Gasteiger partial charge in [0.25, 0.3) is 0 Å². The predicted molar refractivity (Wildman–Crippen MR) is 103 cm³/mol. The minimum atomic E-state index is -0.434. The zero-order valence-corrected chi connectivity index (χ0v) is 15.2. The minimum absolute atomic E-state index is 0.113. The second-order valence-electron chi connectivity index (χ2n) is 5.28. The number of fused-ring (bicyclic) bond motifs is 1. The summed E-state index contributed by atoms with van der Waals surface area (Å²) in [7, 11) is 0. The first-order valence-corrected chi connectivity index (χ1v) is 9.44. The summed E-state index contributed by atoms with van der Waals surface area (Å²) in [5.74, 6) is 0.196. The maximum absolute atomic E-state index is 13.9. The normalized spacial score (nSPS) is 13.0. The van der Waals surface area contributed by atoms with E-state index in [0.717, 1.165) is 21.8 Å². The van der Waals surface area contributed by atoms with Gasteiger partial charge in [-0.3, -0.25) is 0 Å². The van der Waals surface area contributed by atoms with Gasteiger partial charge in [0.15, 0.2) is 0 Å². The lowest BCUT2D eigenvalue weighted by Gasteiger charge is -2.21. The summed E-state index contributed by atoms with van der Waals surface area (Å²) < 4.78 is 22.5. The quantitative estimate of drug-likeness (QED) is 0.605. The number of benzene rings is 2. The highest BCUT2D eigenvalue weighted by Gasteiger charge is 2.19. The van der Waals surface area contributed by atoms with Crippen LogP contribution in [0.4, 0.5) is 10.1 Å². The molecular weight excluding hydrogens is 379 g/mol. The highest BCUT2D eigenvalue weighted by atomic mass is 35.5. The first-order valence-electron chi connectivity index (χ1n) is 7.45. The number of guanidine groups is 1. The summed E-state index contributed by atoms with van der Waals surface area (Å²) in [5, 5.41) is 8.56. The number of anilines is 1.